The van der Waals surface area contributed by atoms with Gasteiger partial charge >= 0.3 is 18.0 Å². The maximum Gasteiger partial charge on any atom is 0.410 e. The van der Waals surface area contributed by atoms with Crippen LogP contribution in [0.15, 0.2) is 35.4 Å². The van der Waals surface area contributed by atoms with E-state index in [9.17, 15) is 14.4 Å². The van der Waals surface area contributed by atoms with Gasteiger partial charge in [0.2, 0.25) is 6.10 Å². The average molecular weight is 432 g/mol. The second kappa shape index (κ2) is 10.7. The Labute approximate surface area is 181 Å². The summed E-state index contributed by atoms with van der Waals surface area (Å²) >= 11 is 0. The summed E-state index contributed by atoms with van der Waals surface area (Å²) in [4.78, 5) is 41.2. The molecule has 1 amide bonds. The van der Waals surface area contributed by atoms with Gasteiger partial charge in [0.15, 0.2) is 0 Å². The fourth-order valence-corrected chi connectivity index (χ4v) is 3.20. The highest BCUT2D eigenvalue weighted by Gasteiger charge is 2.37. The molecule has 2 rings (SSSR count). The summed E-state index contributed by atoms with van der Waals surface area (Å²) < 4.78 is 16.3. The van der Waals surface area contributed by atoms with Crippen molar-refractivity contribution >= 4 is 18.0 Å². The lowest BCUT2D eigenvalue weighted by Gasteiger charge is -2.38. The molecule has 1 aromatic carbocycles. The Morgan fingerprint density at radius 1 is 1.26 bits per heavy atom. The molecule has 1 aliphatic heterocycles. The molecular weight excluding hydrogens is 404 g/mol. The molecule has 0 radical (unpaired) electrons. The standard InChI is InChI=1S/C21H28N4O6/c1-14(26)29-18(15-8-6-5-7-9-15)19(27)30-17-13-25(20(28)31-21(2,3)4)11-10-16(17)12-23-24-22/h5-9,16-18H,10-13H2,1-4H3/t16-,17+,18-/m1/s1. The Morgan fingerprint density at radius 3 is 2.52 bits per heavy atom. The van der Waals surface area contributed by atoms with Crippen LogP contribution in [0.1, 0.15) is 45.8 Å². The van der Waals surface area contributed by atoms with Gasteiger partial charge in [-0.3, -0.25) is 4.79 Å². The number of hydrogen-bond donors (Lipinski definition) is 0. The van der Waals surface area contributed by atoms with Gasteiger partial charge < -0.3 is 19.1 Å². The van der Waals surface area contributed by atoms with Gasteiger partial charge in [-0.05, 0) is 32.7 Å². The van der Waals surface area contributed by atoms with Gasteiger partial charge in [0.25, 0.3) is 0 Å². The molecule has 0 N–H and O–H groups in total. The number of azide groups is 1. The van der Waals surface area contributed by atoms with Crippen molar-refractivity contribution in [2.24, 2.45) is 11.0 Å². The van der Waals surface area contributed by atoms with Gasteiger partial charge in [-0.2, -0.15) is 0 Å². The van der Waals surface area contributed by atoms with Gasteiger partial charge in [-0.15, -0.1) is 0 Å². The number of likely N-dealkylation sites (tertiary alicyclic amines) is 1. The topological polar surface area (TPSA) is 131 Å². The van der Waals surface area contributed by atoms with Crippen LogP contribution in [0, 0.1) is 5.92 Å². The predicted molar refractivity (Wildman–Crippen MR) is 111 cm³/mol. The lowest BCUT2D eigenvalue weighted by atomic mass is 9.94. The number of carbonyl (C=O) groups excluding carboxylic acids is 3. The van der Waals surface area contributed by atoms with Crippen LogP contribution in [0.3, 0.4) is 0 Å². The molecular formula is C21H28N4O6. The molecule has 31 heavy (non-hydrogen) atoms. The molecule has 0 saturated carbocycles. The van der Waals surface area contributed by atoms with E-state index in [0.717, 1.165) is 0 Å². The van der Waals surface area contributed by atoms with E-state index in [1.165, 1.54) is 11.8 Å². The van der Waals surface area contributed by atoms with Crippen LogP contribution in [0.25, 0.3) is 10.4 Å². The third-order valence-electron chi connectivity index (χ3n) is 4.59. The van der Waals surface area contributed by atoms with Crippen LogP contribution < -0.4 is 0 Å². The summed E-state index contributed by atoms with van der Waals surface area (Å²) in [6.45, 7) is 7.06. The summed E-state index contributed by atoms with van der Waals surface area (Å²) in [5.41, 5.74) is 8.48. The SMILES string of the molecule is CC(=O)O[C@@H](C(=O)O[C@H]1CN(C(=O)OC(C)(C)C)CC[C@@H]1CN=[N+]=[N-])c1ccccc1. The molecule has 168 valence electrons. The van der Waals surface area contributed by atoms with E-state index in [0.29, 0.717) is 18.5 Å². The molecule has 10 nitrogen and oxygen atoms in total. The van der Waals surface area contributed by atoms with Crippen molar-refractivity contribution in [2.45, 2.75) is 51.9 Å². The molecule has 1 aliphatic rings. The highest BCUT2D eigenvalue weighted by molar-refractivity contribution is 5.80. The molecule has 0 aliphatic carbocycles. The second-order valence-electron chi connectivity index (χ2n) is 8.26. The van der Waals surface area contributed by atoms with Crippen LogP contribution in [0.5, 0.6) is 0 Å². The van der Waals surface area contributed by atoms with E-state index >= 15 is 0 Å². The van der Waals surface area contributed by atoms with E-state index < -0.39 is 35.8 Å². The fraction of sp³-hybridized carbons (Fsp3) is 0.571. The number of carbonyl (C=O) groups is 3. The Hall–Kier alpha value is -3.26. The smallest absolute Gasteiger partial charge is 0.410 e. The maximum atomic E-state index is 12.9. The Kier molecular flexibility index (Phi) is 8.27. The van der Waals surface area contributed by atoms with E-state index in [4.69, 9.17) is 19.7 Å². The lowest BCUT2D eigenvalue weighted by Crippen LogP contribution is -2.50. The zero-order valence-corrected chi connectivity index (χ0v) is 18.2. The minimum absolute atomic E-state index is 0.0772. The Bertz CT molecular complexity index is 832. The van der Waals surface area contributed by atoms with Crippen LogP contribution in [0.4, 0.5) is 4.79 Å². The molecule has 1 saturated heterocycles. The van der Waals surface area contributed by atoms with Crippen molar-refractivity contribution in [3.63, 3.8) is 0 Å². The highest BCUT2D eigenvalue weighted by Crippen LogP contribution is 2.26. The first-order chi connectivity index (χ1) is 14.6. The van der Waals surface area contributed by atoms with Crippen LogP contribution in [-0.4, -0.2) is 54.3 Å². The monoisotopic (exact) mass is 432 g/mol. The summed E-state index contributed by atoms with van der Waals surface area (Å²) in [6.07, 6.45) is -2.05. The van der Waals surface area contributed by atoms with Crippen molar-refractivity contribution in [2.75, 3.05) is 19.6 Å². The number of benzene rings is 1. The Balaban J connectivity index is 2.19. The normalized spacial score (nSPS) is 19.5. The molecule has 0 unspecified atom stereocenters. The van der Waals surface area contributed by atoms with Crippen molar-refractivity contribution in [3.05, 3.63) is 46.3 Å². The first kappa shape index (κ1) is 24.0. The molecule has 1 heterocycles. The minimum atomic E-state index is -1.24. The zero-order chi connectivity index (χ0) is 23.0. The lowest BCUT2D eigenvalue weighted by molar-refractivity contribution is -0.175. The second-order valence-corrected chi connectivity index (χ2v) is 8.26. The van der Waals surface area contributed by atoms with Crippen molar-refractivity contribution in [1.82, 2.24) is 4.90 Å². The average Bonchev–Trinajstić information content (AvgIpc) is 2.70. The summed E-state index contributed by atoms with van der Waals surface area (Å²) in [5.74, 6) is -1.67. The Morgan fingerprint density at radius 2 is 1.94 bits per heavy atom. The molecule has 0 aromatic heterocycles. The third-order valence-corrected chi connectivity index (χ3v) is 4.59. The van der Waals surface area contributed by atoms with Gasteiger partial charge in [-0.1, -0.05) is 35.4 Å². The molecule has 10 heteroatoms. The number of piperidine rings is 1. The van der Waals surface area contributed by atoms with Crippen molar-refractivity contribution < 1.29 is 28.6 Å². The molecule has 1 fully saturated rings. The number of rotatable bonds is 6. The number of ether oxygens (including phenoxy) is 3. The number of esters is 2. The zero-order valence-electron chi connectivity index (χ0n) is 18.2. The van der Waals surface area contributed by atoms with Crippen molar-refractivity contribution in [1.29, 1.82) is 0 Å². The maximum absolute atomic E-state index is 12.9. The quantitative estimate of drug-likeness (QED) is 0.221. The largest absolute Gasteiger partial charge is 0.457 e. The number of hydrogen-bond acceptors (Lipinski definition) is 7. The molecule has 3 atom stereocenters. The van der Waals surface area contributed by atoms with E-state index in [-0.39, 0.29) is 19.0 Å². The van der Waals surface area contributed by atoms with Gasteiger partial charge in [0, 0.05) is 36.4 Å². The summed E-state index contributed by atoms with van der Waals surface area (Å²) in [6, 6.07) is 8.51. The van der Waals surface area contributed by atoms with Crippen LogP contribution >= 0.6 is 0 Å². The number of nitrogens with zero attached hydrogens (tertiary/aromatic N) is 4. The predicted octanol–water partition coefficient (Wildman–Crippen LogP) is 3.77. The minimum Gasteiger partial charge on any atom is -0.457 e. The molecule has 0 bridgehead atoms. The molecule has 0 spiro atoms. The summed E-state index contributed by atoms with van der Waals surface area (Å²) in [5, 5.41) is 3.60. The van der Waals surface area contributed by atoms with Gasteiger partial charge in [0.05, 0.1) is 6.54 Å². The van der Waals surface area contributed by atoms with E-state index in [2.05, 4.69) is 10.0 Å². The van der Waals surface area contributed by atoms with Gasteiger partial charge in [-0.25, -0.2) is 9.59 Å². The van der Waals surface area contributed by atoms with Crippen molar-refractivity contribution in [3.8, 4) is 0 Å². The van der Waals surface area contributed by atoms with Crippen LogP contribution in [0.2, 0.25) is 0 Å². The summed E-state index contributed by atoms with van der Waals surface area (Å²) in [7, 11) is 0. The highest BCUT2D eigenvalue weighted by atomic mass is 16.6. The van der Waals surface area contributed by atoms with E-state index in [1.54, 1.807) is 51.1 Å². The van der Waals surface area contributed by atoms with Gasteiger partial charge in [0.1, 0.15) is 11.7 Å². The number of amides is 1. The first-order valence-electron chi connectivity index (χ1n) is 10.0. The van der Waals surface area contributed by atoms with Crippen LogP contribution in [-0.2, 0) is 23.8 Å². The third kappa shape index (κ3) is 7.49. The first-order valence-corrected chi connectivity index (χ1v) is 10.0. The molecule has 1 aromatic rings. The van der Waals surface area contributed by atoms with E-state index in [1.807, 2.05) is 0 Å². The fourth-order valence-electron chi connectivity index (χ4n) is 3.20.